The first-order valence-electron chi connectivity index (χ1n) is 6.56. The fraction of sp³-hybridized carbons (Fsp3) is 0.538. The van der Waals surface area contributed by atoms with Crippen molar-refractivity contribution in [2.75, 3.05) is 25.5 Å². The molecule has 110 valence electrons. The van der Waals surface area contributed by atoms with Gasteiger partial charge >= 0.3 is 5.69 Å². The number of nitro benzene ring substituents is 1. The van der Waals surface area contributed by atoms with E-state index in [1.54, 1.807) is 0 Å². The van der Waals surface area contributed by atoms with Crippen LogP contribution >= 0.6 is 0 Å². The zero-order valence-electron chi connectivity index (χ0n) is 11.2. The average Bonchev–Trinajstić information content (AvgIpc) is 2.39. The largest absolute Gasteiger partial charge is 0.381 e. The summed E-state index contributed by atoms with van der Waals surface area (Å²) >= 11 is 0. The summed E-state index contributed by atoms with van der Waals surface area (Å²) in [5.41, 5.74) is -0.747. The van der Waals surface area contributed by atoms with E-state index in [0.717, 1.165) is 31.9 Å². The Balaban J connectivity index is 2.09. The molecule has 1 aliphatic heterocycles. The lowest BCUT2D eigenvalue weighted by Gasteiger charge is -2.32. The molecule has 1 aliphatic rings. The lowest BCUT2D eigenvalue weighted by Crippen LogP contribution is -2.40. The Kier molecular flexibility index (Phi) is 4.49. The molecule has 1 fully saturated rings. The Hall–Kier alpha value is -1.76. The van der Waals surface area contributed by atoms with Crippen LogP contribution in [0.2, 0.25) is 0 Å². The molecule has 0 radical (unpaired) electrons. The van der Waals surface area contributed by atoms with Crippen LogP contribution in [0.5, 0.6) is 0 Å². The van der Waals surface area contributed by atoms with Gasteiger partial charge in [-0.25, -0.2) is 4.39 Å². The highest BCUT2D eigenvalue weighted by Crippen LogP contribution is 2.25. The first-order valence-corrected chi connectivity index (χ1v) is 6.56. The zero-order valence-corrected chi connectivity index (χ0v) is 11.2. The van der Waals surface area contributed by atoms with E-state index >= 15 is 0 Å². The van der Waals surface area contributed by atoms with Crippen LogP contribution in [0.15, 0.2) is 12.1 Å². The monoisotopic (exact) mass is 285 g/mol. The molecule has 2 rings (SSSR count). The van der Waals surface area contributed by atoms with Gasteiger partial charge in [-0.3, -0.25) is 10.1 Å². The van der Waals surface area contributed by atoms with Gasteiger partial charge in [-0.05, 0) is 26.4 Å². The van der Waals surface area contributed by atoms with Gasteiger partial charge < -0.3 is 10.2 Å². The maximum Gasteiger partial charge on any atom is 0.307 e. The van der Waals surface area contributed by atoms with Gasteiger partial charge in [0.05, 0.1) is 10.6 Å². The third-order valence-corrected chi connectivity index (χ3v) is 3.68. The number of nitrogens with zero attached hydrogens (tertiary/aromatic N) is 2. The number of hydrogen-bond acceptors (Lipinski definition) is 4. The third-order valence-electron chi connectivity index (χ3n) is 3.68. The van der Waals surface area contributed by atoms with Crippen LogP contribution in [0.3, 0.4) is 0 Å². The second-order valence-corrected chi connectivity index (χ2v) is 5.05. The van der Waals surface area contributed by atoms with Crippen molar-refractivity contribution in [3.63, 3.8) is 0 Å². The number of rotatable bonds is 4. The van der Waals surface area contributed by atoms with Crippen molar-refractivity contribution >= 4 is 11.4 Å². The molecular weight excluding hydrogens is 268 g/mol. The molecule has 1 unspecified atom stereocenters. The number of hydrogen-bond donors (Lipinski definition) is 1. The zero-order chi connectivity index (χ0) is 14.7. The number of halogens is 2. The first kappa shape index (κ1) is 14.6. The molecule has 0 aromatic heterocycles. The number of likely N-dealkylation sites (tertiary alicyclic amines) is 1. The summed E-state index contributed by atoms with van der Waals surface area (Å²) in [7, 11) is 2.00. The summed E-state index contributed by atoms with van der Waals surface area (Å²) in [4.78, 5) is 12.0. The van der Waals surface area contributed by atoms with Crippen LogP contribution in [0.25, 0.3) is 0 Å². The SMILES string of the molecule is CN1CCCCC1CNc1cc([N+](=O)[O-])c(F)cc1F. The highest BCUT2D eigenvalue weighted by atomic mass is 19.1. The fourth-order valence-corrected chi connectivity index (χ4v) is 2.44. The van der Waals surface area contributed by atoms with Gasteiger partial charge in [0, 0.05) is 24.7 Å². The molecule has 5 nitrogen and oxygen atoms in total. The van der Waals surface area contributed by atoms with Gasteiger partial charge in [0.15, 0.2) is 0 Å². The predicted octanol–water partition coefficient (Wildman–Crippen LogP) is 2.77. The minimum absolute atomic E-state index is 0.0305. The molecule has 0 saturated carbocycles. The molecule has 1 N–H and O–H groups in total. The van der Waals surface area contributed by atoms with Crippen molar-refractivity contribution in [3.8, 4) is 0 Å². The summed E-state index contributed by atoms with van der Waals surface area (Å²) in [6.45, 7) is 1.47. The number of benzene rings is 1. The standard InChI is InChI=1S/C13H17F2N3O2/c1-17-5-3-2-4-9(17)8-16-12-7-13(18(19)20)11(15)6-10(12)14/h6-7,9,16H,2-5,8H2,1H3. The summed E-state index contributed by atoms with van der Waals surface area (Å²) in [6, 6.07) is 1.71. The second-order valence-electron chi connectivity index (χ2n) is 5.05. The van der Waals surface area contributed by atoms with E-state index in [1.807, 2.05) is 7.05 Å². The maximum atomic E-state index is 13.6. The van der Waals surface area contributed by atoms with Crippen LogP contribution in [0.1, 0.15) is 19.3 Å². The van der Waals surface area contributed by atoms with Crippen LogP contribution in [-0.2, 0) is 0 Å². The molecule has 7 heteroatoms. The van der Waals surface area contributed by atoms with Gasteiger partial charge in [0.2, 0.25) is 5.82 Å². The van der Waals surface area contributed by atoms with Crippen molar-refractivity contribution in [3.05, 3.63) is 33.9 Å². The van der Waals surface area contributed by atoms with Gasteiger partial charge in [0.1, 0.15) is 5.82 Å². The van der Waals surface area contributed by atoms with E-state index in [4.69, 9.17) is 0 Å². The predicted molar refractivity (Wildman–Crippen MR) is 71.8 cm³/mol. The van der Waals surface area contributed by atoms with Gasteiger partial charge in [-0.1, -0.05) is 6.42 Å². The van der Waals surface area contributed by atoms with Crippen molar-refractivity contribution in [2.45, 2.75) is 25.3 Å². The van der Waals surface area contributed by atoms with E-state index in [1.165, 1.54) is 0 Å². The van der Waals surface area contributed by atoms with Crippen molar-refractivity contribution in [1.82, 2.24) is 4.90 Å². The van der Waals surface area contributed by atoms with Crippen LogP contribution in [0, 0.1) is 21.7 Å². The lowest BCUT2D eigenvalue weighted by molar-refractivity contribution is -0.387. The first-order chi connectivity index (χ1) is 9.49. The molecule has 1 aromatic carbocycles. The minimum Gasteiger partial charge on any atom is -0.381 e. The Morgan fingerprint density at radius 3 is 2.80 bits per heavy atom. The molecule has 20 heavy (non-hydrogen) atoms. The van der Waals surface area contributed by atoms with E-state index in [9.17, 15) is 18.9 Å². The Morgan fingerprint density at radius 2 is 2.15 bits per heavy atom. The van der Waals surface area contributed by atoms with Crippen molar-refractivity contribution in [2.24, 2.45) is 0 Å². The summed E-state index contributed by atoms with van der Waals surface area (Å²) in [5, 5.41) is 13.5. The quantitative estimate of drug-likeness (QED) is 0.682. The van der Waals surface area contributed by atoms with Gasteiger partial charge in [-0.15, -0.1) is 0 Å². The van der Waals surface area contributed by atoms with Crippen LogP contribution in [-0.4, -0.2) is 36.0 Å². The highest BCUT2D eigenvalue weighted by Gasteiger charge is 2.21. The number of anilines is 1. The summed E-state index contributed by atoms with van der Waals surface area (Å²) in [5.74, 6) is -1.97. The maximum absolute atomic E-state index is 13.6. The molecular formula is C13H17F2N3O2. The highest BCUT2D eigenvalue weighted by molar-refractivity contribution is 5.53. The second kappa shape index (κ2) is 6.13. The van der Waals surface area contributed by atoms with Gasteiger partial charge in [-0.2, -0.15) is 4.39 Å². The van der Waals surface area contributed by atoms with Crippen molar-refractivity contribution < 1.29 is 13.7 Å². The fourth-order valence-electron chi connectivity index (χ4n) is 2.44. The van der Waals surface area contributed by atoms with E-state index < -0.39 is 22.2 Å². The number of nitrogens with one attached hydrogen (secondary N) is 1. The summed E-state index contributed by atoms with van der Waals surface area (Å²) < 4.78 is 26.8. The number of nitro groups is 1. The molecule has 0 aliphatic carbocycles. The van der Waals surface area contributed by atoms with E-state index in [0.29, 0.717) is 12.6 Å². The summed E-state index contributed by atoms with van der Waals surface area (Å²) in [6.07, 6.45) is 3.25. The van der Waals surface area contributed by atoms with Gasteiger partial charge in [0.25, 0.3) is 0 Å². The smallest absolute Gasteiger partial charge is 0.307 e. The number of piperidine rings is 1. The average molecular weight is 285 g/mol. The lowest BCUT2D eigenvalue weighted by atomic mass is 10.0. The third kappa shape index (κ3) is 3.22. The topological polar surface area (TPSA) is 58.4 Å². The molecule has 0 bridgehead atoms. The normalized spacial score (nSPS) is 19.9. The van der Waals surface area contributed by atoms with Crippen molar-refractivity contribution in [1.29, 1.82) is 0 Å². The molecule has 1 heterocycles. The minimum atomic E-state index is -1.16. The molecule has 0 amide bonds. The Labute approximate surface area is 115 Å². The molecule has 1 atom stereocenters. The van der Waals surface area contributed by atoms with E-state index in [2.05, 4.69) is 10.2 Å². The molecule has 1 aromatic rings. The number of likely N-dealkylation sites (N-methyl/N-ethyl adjacent to an activating group) is 1. The molecule has 0 spiro atoms. The van der Waals surface area contributed by atoms with Crippen LogP contribution in [0.4, 0.5) is 20.2 Å². The van der Waals surface area contributed by atoms with E-state index in [-0.39, 0.29) is 11.7 Å². The Bertz CT molecular complexity index is 511. The Morgan fingerprint density at radius 1 is 1.40 bits per heavy atom. The molecule has 1 saturated heterocycles. The van der Waals surface area contributed by atoms with Crippen LogP contribution < -0.4 is 5.32 Å².